The van der Waals surface area contributed by atoms with Crippen molar-refractivity contribution in [2.75, 3.05) is 32.8 Å². The van der Waals surface area contributed by atoms with E-state index >= 15 is 0 Å². The Bertz CT molecular complexity index is 619. The van der Waals surface area contributed by atoms with E-state index in [0.717, 1.165) is 16.7 Å². The monoisotopic (exact) mass is 322 g/mol. The Morgan fingerprint density at radius 2 is 2.09 bits per heavy atom. The van der Waals surface area contributed by atoms with Gasteiger partial charge in [-0.1, -0.05) is 0 Å². The van der Waals surface area contributed by atoms with Gasteiger partial charge in [0.1, 0.15) is 12.3 Å². The van der Waals surface area contributed by atoms with E-state index in [0.29, 0.717) is 32.1 Å². The average Bonchev–Trinajstić information content (AvgIpc) is 3.12. The van der Waals surface area contributed by atoms with Gasteiger partial charge in [-0.3, -0.25) is 19.3 Å². The van der Waals surface area contributed by atoms with E-state index < -0.39 is 11.1 Å². The molecule has 0 aromatic carbocycles. The van der Waals surface area contributed by atoms with E-state index in [-0.39, 0.29) is 17.4 Å². The van der Waals surface area contributed by atoms with Crippen LogP contribution in [0.3, 0.4) is 0 Å². The Morgan fingerprint density at radius 3 is 2.77 bits per heavy atom. The molecule has 2 aliphatic rings. The van der Waals surface area contributed by atoms with Crippen LogP contribution >= 0.6 is 11.8 Å². The summed E-state index contributed by atoms with van der Waals surface area (Å²) in [7, 11) is 0. The summed E-state index contributed by atoms with van der Waals surface area (Å²) in [5.74, 6) is -0.220. The van der Waals surface area contributed by atoms with Crippen LogP contribution in [0.4, 0.5) is 4.79 Å². The van der Waals surface area contributed by atoms with Crippen LogP contribution in [0.5, 0.6) is 0 Å². The lowest BCUT2D eigenvalue weighted by atomic mass is 10.3. The Hall–Kier alpha value is -2.06. The van der Waals surface area contributed by atoms with Gasteiger partial charge >= 0.3 is 0 Å². The Kier molecular flexibility index (Phi) is 4.30. The van der Waals surface area contributed by atoms with Crippen LogP contribution in [0.25, 0.3) is 6.08 Å². The molecule has 3 amide bonds. The summed E-state index contributed by atoms with van der Waals surface area (Å²) in [4.78, 5) is 39.2. The molecular weight excluding hydrogens is 308 g/mol. The summed E-state index contributed by atoms with van der Waals surface area (Å²) >= 11 is 0.812. The standard InChI is InChI=1S/C14H14N2O5S/c17-12(15-3-6-20-7-4-15)9-16-13(18)11(22-14(16)19)8-10-2-1-5-21-10/h1-2,5,8H,3-4,6-7,9H2/b11-8-. The molecule has 0 spiro atoms. The third kappa shape index (κ3) is 3.07. The molecule has 0 unspecified atom stereocenters. The molecule has 116 valence electrons. The van der Waals surface area contributed by atoms with Crippen molar-refractivity contribution in [2.45, 2.75) is 0 Å². The van der Waals surface area contributed by atoms with Crippen molar-refractivity contribution in [3.63, 3.8) is 0 Å². The van der Waals surface area contributed by atoms with Crippen molar-refractivity contribution in [3.8, 4) is 0 Å². The van der Waals surface area contributed by atoms with E-state index in [2.05, 4.69) is 0 Å². The summed E-state index contributed by atoms with van der Waals surface area (Å²) in [5, 5.41) is -0.440. The predicted molar refractivity (Wildman–Crippen MR) is 78.8 cm³/mol. The zero-order chi connectivity index (χ0) is 15.5. The molecule has 1 aromatic rings. The molecule has 3 rings (SSSR count). The van der Waals surface area contributed by atoms with Crippen molar-refractivity contribution < 1.29 is 23.5 Å². The third-order valence-corrected chi connectivity index (χ3v) is 4.25. The zero-order valence-electron chi connectivity index (χ0n) is 11.7. The lowest BCUT2D eigenvalue weighted by Gasteiger charge is -2.27. The normalized spacial score (nSPS) is 21.0. The number of carbonyl (C=O) groups is 3. The van der Waals surface area contributed by atoms with E-state index in [1.165, 1.54) is 12.3 Å². The Balaban J connectivity index is 1.68. The van der Waals surface area contributed by atoms with Crippen LogP contribution in [-0.2, 0) is 14.3 Å². The van der Waals surface area contributed by atoms with Crippen molar-refractivity contribution in [2.24, 2.45) is 0 Å². The molecule has 0 saturated carbocycles. The molecular formula is C14H14N2O5S. The van der Waals surface area contributed by atoms with Gasteiger partial charge < -0.3 is 14.1 Å². The molecule has 1 aromatic heterocycles. The van der Waals surface area contributed by atoms with Crippen LogP contribution in [0.15, 0.2) is 27.7 Å². The molecule has 7 nitrogen and oxygen atoms in total. The zero-order valence-corrected chi connectivity index (χ0v) is 12.5. The van der Waals surface area contributed by atoms with Crippen LogP contribution < -0.4 is 0 Å². The maximum Gasteiger partial charge on any atom is 0.294 e. The van der Waals surface area contributed by atoms with Gasteiger partial charge in [0.05, 0.1) is 24.4 Å². The predicted octanol–water partition coefficient (Wildman–Crippen LogP) is 1.17. The fourth-order valence-corrected chi connectivity index (χ4v) is 3.01. The fourth-order valence-electron chi connectivity index (χ4n) is 2.19. The SMILES string of the molecule is O=C(CN1C(=O)S/C(=C\c2ccco2)C1=O)N1CCOCC1. The van der Waals surface area contributed by atoms with E-state index in [1.807, 2.05) is 0 Å². The van der Waals surface area contributed by atoms with Gasteiger partial charge in [0.25, 0.3) is 11.1 Å². The molecule has 8 heteroatoms. The summed E-state index contributed by atoms with van der Waals surface area (Å²) < 4.78 is 10.3. The number of thioether (sulfide) groups is 1. The summed E-state index contributed by atoms with van der Waals surface area (Å²) in [5.41, 5.74) is 0. The molecule has 0 aliphatic carbocycles. The highest BCUT2D eigenvalue weighted by Crippen LogP contribution is 2.32. The summed E-state index contributed by atoms with van der Waals surface area (Å²) in [6.45, 7) is 1.69. The molecule has 3 heterocycles. The lowest BCUT2D eigenvalue weighted by molar-refractivity contribution is -0.139. The second kappa shape index (κ2) is 6.37. The average molecular weight is 322 g/mol. The molecule has 22 heavy (non-hydrogen) atoms. The van der Waals surface area contributed by atoms with Crippen molar-refractivity contribution >= 4 is 34.9 Å². The Morgan fingerprint density at radius 1 is 1.32 bits per heavy atom. The molecule has 0 N–H and O–H groups in total. The number of rotatable bonds is 3. The minimum absolute atomic E-state index is 0.236. The first-order valence-electron chi connectivity index (χ1n) is 6.79. The third-order valence-electron chi connectivity index (χ3n) is 3.35. The van der Waals surface area contributed by atoms with E-state index in [1.54, 1.807) is 17.0 Å². The molecule has 2 fully saturated rings. The summed E-state index contributed by atoms with van der Waals surface area (Å²) in [6, 6.07) is 3.38. The van der Waals surface area contributed by atoms with Gasteiger partial charge in [-0.15, -0.1) is 0 Å². The summed E-state index contributed by atoms with van der Waals surface area (Å²) in [6.07, 6.45) is 2.99. The maximum absolute atomic E-state index is 12.2. The number of imide groups is 1. The van der Waals surface area contributed by atoms with E-state index in [4.69, 9.17) is 9.15 Å². The number of furan rings is 1. The molecule has 2 saturated heterocycles. The maximum atomic E-state index is 12.2. The first-order chi connectivity index (χ1) is 10.6. The second-order valence-electron chi connectivity index (χ2n) is 4.78. The van der Waals surface area contributed by atoms with Gasteiger partial charge in [-0.25, -0.2) is 0 Å². The van der Waals surface area contributed by atoms with Crippen LogP contribution in [0.2, 0.25) is 0 Å². The molecule has 0 radical (unpaired) electrons. The topological polar surface area (TPSA) is 80.1 Å². The van der Waals surface area contributed by atoms with Crippen LogP contribution in [-0.4, -0.2) is 59.7 Å². The molecule has 0 bridgehead atoms. The quantitative estimate of drug-likeness (QED) is 0.777. The fraction of sp³-hybridized carbons (Fsp3) is 0.357. The second-order valence-corrected chi connectivity index (χ2v) is 5.77. The van der Waals surface area contributed by atoms with Gasteiger partial charge in [0, 0.05) is 19.2 Å². The van der Waals surface area contributed by atoms with Gasteiger partial charge in [0.15, 0.2) is 0 Å². The van der Waals surface area contributed by atoms with Crippen molar-refractivity contribution in [1.82, 2.24) is 9.80 Å². The van der Waals surface area contributed by atoms with Gasteiger partial charge in [-0.05, 0) is 23.9 Å². The number of carbonyl (C=O) groups excluding carboxylic acids is 3. The lowest BCUT2D eigenvalue weighted by Crippen LogP contribution is -2.46. The van der Waals surface area contributed by atoms with Crippen molar-refractivity contribution in [1.29, 1.82) is 0 Å². The minimum atomic E-state index is -0.465. The first kappa shape index (κ1) is 14.9. The largest absolute Gasteiger partial charge is 0.465 e. The van der Waals surface area contributed by atoms with Crippen molar-refractivity contribution in [3.05, 3.63) is 29.1 Å². The smallest absolute Gasteiger partial charge is 0.294 e. The number of ether oxygens (including phenoxy) is 1. The van der Waals surface area contributed by atoms with Crippen LogP contribution in [0, 0.1) is 0 Å². The number of morpholine rings is 1. The first-order valence-corrected chi connectivity index (χ1v) is 7.61. The van der Waals surface area contributed by atoms with Crippen LogP contribution in [0.1, 0.15) is 5.76 Å². The van der Waals surface area contributed by atoms with Gasteiger partial charge in [-0.2, -0.15) is 0 Å². The minimum Gasteiger partial charge on any atom is -0.465 e. The van der Waals surface area contributed by atoms with Gasteiger partial charge in [0.2, 0.25) is 5.91 Å². The van der Waals surface area contributed by atoms with E-state index in [9.17, 15) is 14.4 Å². The number of nitrogens with zero attached hydrogens (tertiary/aromatic N) is 2. The highest BCUT2D eigenvalue weighted by Gasteiger charge is 2.37. The number of hydrogen-bond donors (Lipinski definition) is 0. The molecule has 2 aliphatic heterocycles. The Labute approximate surface area is 130 Å². The molecule has 0 atom stereocenters. The number of amides is 3. The number of hydrogen-bond acceptors (Lipinski definition) is 6. The highest BCUT2D eigenvalue weighted by molar-refractivity contribution is 8.18. The highest BCUT2D eigenvalue weighted by atomic mass is 32.2.